The van der Waals surface area contributed by atoms with Crippen molar-refractivity contribution in [3.63, 3.8) is 0 Å². The van der Waals surface area contributed by atoms with Gasteiger partial charge in [-0.15, -0.1) is 11.3 Å². The minimum atomic E-state index is -0.226. The lowest BCUT2D eigenvalue weighted by atomic mass is 10.2. The molecule has 1 aromatic carbocycles. The molecule has 3 aromatic rings. The molecule has 0 bridgehead atoms. The molecule has 1 N–H and O–H groups in total. The maximum atomic E-state index is 12.6. The Balaban J connectivity index is 1.49. The number of rotatable bonds is 6. The topological polar surface area (TPSA) is 64.0 Å². The molecule has 1 aliphatic rings. The van der Waals surface area contributed by atoms with E-state index < -0.39 is 0 Å². The second-order valence-corrected chi connectivity index (χ2v) is 8.85. The van der Waals surface area contributed by atoms with E-state index in [1.807, 2.05) is 48.7 Å². The number of aryl methyl sites for hydroxylation is 1. The van der Waals surface area contributed by atoms with Crippen LogP contribution in [-0.2, 0) is 24.2 Å². The standard InChI is InChI=1S/C21H21N3O2S2/c1-14-5-2-6-15(11-14)22-19(25)13-28-20-17-8-3-9-18(17)24(21(26)23-20)12-16-7-4-10-27-16/h2,4-7,10-11H,3,8-9,12-13H2,1H3,(H,22,25). The van der Waals surface area contributed by atoms with Crippen LogP contribution in [0.15, 0.2) is 51.6 Å². The SMILES string of the molecule is Cc1cccc(NC(=O)CSc2nc(=O)n(Cc3cccs3)c3c2CCC3)c1. The molecule has 4 rings (SSSR count). The molecule has 0 saturated heterocycles. The maximum Gasteiger partial charge on any atom is 0.349 e. The first-order chi connectivity index (χ1) is 13.6. The van der Waals surface area contributed by atoms with E-state index in [4.69, 9.17) is 0 Å². The monoisotopic (exact) mass is 411 g/mol. The second kappa shape index (κ2) is 8.32. The quantitative estimate of drug-likeness (QED) is 0.494. The Morgan fingerprint density at radius 1 is 1.29 bits per heavy atom. The fourth-order valence-electron chi connectivity index (χ4n) is 3.48. The molecule has 2 heterocycles. The van der Waals surface area contributed by atoms with Crippen molar-refractivity contribution in [3.05, 3.63) is 74.0 Å². The van der Waals surface area contributed by atoms with Gasteiger partial charge in [-0.3, -0.25) is 9.36 Å². The molecule has 0 fully saturated rings. The highest BCUT2D eigenvalue weighted by Gasteiger charge is 2.22. The summed E-state index contributed by atoms with van der Waals surface area (Å²) in [4.78, 5) is 30.4. The van der Waals surface area contributed by atoms with Crippen LogP contribution in [-0.4, -0.2) is 21.2 Å². The Morgan fingerprint density at radius 3 is 2.96 bits per heavy atom. The molecule has 1 aliphatic carbocycles. The number of hydrogen-bond donors (Lipinski definition) is 1. The van der Waals surface area contributed by atoms with Crippen LogP contribution < -0.4 is 11.0 Å². The van der Waals surface area contributed by atoms with Crippen molar-refractivity contribution in [2.45, 2.75) is 37.8 Å². The second-order valence-electron chi connectivity index (χ2n) is 6.85. The fraction of sp³-hybridized carbons (Fsp3) is 0.286. The first kappa shape index (κ1) is 19.0. The van der Waals surface area contributed by atoms with Crippen LogP contribution in [0.1, 0.15) is 28.1 Å². The van der Waals surface area contributed by atoms with Crippen molar-refractivity contribution in [3.8, 4) is 0 Å². The largest absolute Gasteiger partial charge is 0.349 e. The molecule has 0 aliphatic heterocycles. The first-order valence-electron chi connectivity index (χ1n) is 9.24. The number of carbonyl (C=O) groups excluding carboxylic acids is 1. The Bertz CT molecular complexity index is 1060. The number of amides is 1. The summed E-state index contributed by atoms with van der Waals surface area (Å²) >= 11 is 3.00. The molecule has 2 aromatic heterocycles. The number of hydrogen-bond acceptors (Lipinski definition) is 5. The van der Waals surface area contributed by atoms with Gasteiger partial charge < -0.3 is 5.32 Å². The van der Waals surface area contributed by atoms with Crippen LogP contribution in [0.5, 0.6) is 0 Å². The van der Waals surface area contributed by atoms with Crippen molar-refractivity contribution >= 4 is 34.7 Å². The van der Waals surface area contributed by atoms with Crippen LogP contribution in [0.3, 0.4) is 0 Å². The first-order valence-corrected chi connectivity index (χ1v) is 11.1. The molecule has 144 valence electrons. The third kappa shape index (κ3) is 4.20. The highest BCUT2D eigenvalue weighted by Crippen LogP contribution is 2.29. The van der Waals surface area contributed by atoms with Gasteiger partial charge in [-0.25, -0.2) is 4.79 Å². The Morgan fingerprint density at radius 2 is 2.18 bits per heavy atom. The Hall–Kier alpha value is -2.38. The van der Waals surface area contributed by atoms with Crippen LogP contribution in [0.25, 0.3) is 0 Å². The fourth-order valence-corrected chi connectivity index (χ4v) is 5.05. The van der Waals surface area contributed by atoms with E-state index in [1.54, 1.807) is 15.9 Å². The van der Waals surface area contributed by atoms with E-state index in [9.17, 15) is 9.59 Å². The van der Waals surface area contributed by atoms with E-state index in [2.05, 4.69) is 10.3 Å². The Kier molecular flexibility index (Phi) is 5.64. The zero-order valence-corrected chi connectivity index (χ0v) is 17.2. The van der Waals surface area contributed by atoms with Gasteiger partial charge in [-0.05, 0) is 55.3 Å². The van der Waals surface area contributed by atoms with Gasteiger partial charge in [-0.1, -0.05) is 30.0 Å². The molecule has 0 radical (unpaired) electrons. The lowest BCUT2D eigenvalue weighted by Crippen LogP contribution is -2.27. The molecule has 28 heavy (non-hydrogen) atoms. The number of thiophene rings is 1. The lowest BCUT2D eigenvalue weighted by Gasteiger charge is -2.13. The molecular formula is C21H21N3O2S2. The van der Waals surface area contributed by atoms with E-state index in [1.165, 1.54) is 11.8 Å². The van der Waals surface area contributed by atoms with Gasteiger partial charge in [0.25, 0.3) is 0 Å². The highest BCUT2D eigenvalue weighted by atomic mass is 32.2. The maximum absolute atomic E-state index is 12.6. The molecule has 1 amide bonds. The molecule has 7 heteroatoms. The predicted octanol–water partition coefficient (Wildman–Crippen LogP) is 3.88. The van der Waals surface area contributed by atoms with Crippen molar-refractivity contribution in [1.29, 1.82) is 0 Å². The number of thioether (sulfide) groups is 1. The summed E-state index contributed by atoms with van der Waals surface area (Å²) in [6, 6.07) is 11.7. The predicted molar refractivity (Wildman–Crippen MR) is 114 cm³/mol. The average molecular weight is 412 g/mol. The van der Waals surface area contributed by atoms with Crippen molar-refractivity contribution in [1.82, 2.24) is 9.55 Å². The summed E-state index contributed by atoms with van der Waals surface area (Å²) < 4.78 is 1.80. The van der Waals surface area contributed by atoms with Crippen molar-refractivity contribution in [2.24, 2.45) is 0 Å². The molecule has 5 nitrogen and oxygen atoms in total. The zero-order chi connectivity index (χ0) is 19.5. The summed E-state index contributed by atoms with van der Waals surface area (Å²) in [6.45, 7) is 2.56. The van der Waals surface area contributed by atoms with Crippen LogP contribution in [0.2, 0.25) is 0 Å². The number of carbonyl (C=O) groups is 1. The minimum absolute atomic E-state index is 0.0908. The Labute approximate surface area is 171 Å². The van der Waals surface area contributed by atoms with Gasteiger partial charge in [0.15, 0.2) is 0 Å². The van der Waals surface area contributed by atoms with Gasteiger partial charge in [0.05, 0.1) is 12.3 Å². The number of fused-ring (bicyclic) bond motifs is 1. The summed E-state index contributed by atoms with van der Waals surface area (Å²) in [5.41, 5.74) is 3.87. The molecule has 0 atom stereocenters. The number of nitrogens with zero attached hydrogens (tertiary/aromatic N) is 2. The van der Waals surface area contributed by atoms with Gasteiger partial charge in [0.1, 0.15) is 5.03 Å². The van der Waals surface area contributed by atoms with E-state index >= 15 is 0 Å². The number of anilines is 1. The molecule has 0 unspecified atom stereocenters. The summed E-state index contributed by atoms with van der Waals surface area (Å²) in [5.74, 6) is 0.147. The van der Waals surface area contributed by atoms with E-state index in [0.29, 0.717) is 11.6 Å². The molecule has 0 spiro atoms. The van der Waals surface area contributed by atoms with Crippen LogP contribution in [0.4, 0.5) is 5.69 Å². The number of aromatic nitrogens is 2. The van der Waals surface area contributed by atoms with Gasteiger partial charge in [-0.2, -0.15) is 4.98 Å². The van der Waals surface area contributed by atoms with Crippen molar-refractivity contribution in [2.75, 3.05) is 11.1 Å². The smallest absolute Gasteiger partial charge is 0.325 e. The normalized spacial score (nSPS) is 12.8. The highest BCUT2D eigenvalue weighted by molar-refractivity contribution is 8.00. The van der Waals surface area contributed by atoms with E-state index in [-0.39, 0.29) is 17.3 Å². The summed E-state index contributed by atoms with van der Waals surface area (Å²) in [6.07, 6.45) is 2.82. The van der Waals surface area contributed by atoms with Crippen LogP contribution >= 0.6 is 23.1 Å². The van der Waals surface area contributed by atoms with Gasteiger partial charge >= 0.3 is 5.69 Å². The molecular weight excluding hydrogens is 390 g/mol. The average Bonchev–Trinajstić information content (AvgIpc) is 3.34. The van der Waals surface area contributed by atoms with E-state index in [0.717, 1.165) is 46.6 Å². The zero-order valence-electron chi connectivity index (χ0n) is 15.6. The molecule has 0 saturated carbocycles. The third-order valence-corrected chi connectivity index (χ3v) is 6.62. The van der Waals surface area contributed by atoms with Gasteiger partial charge in [0.2, 0.25) is 5.91 Å². The summed E-state index contributed by atoms with van der Waals surface area (Å²) in [7, 11) is 0. The van der Waals surface area contributed by atoms with Crippen molar-refractivity contribution < 1.29 is 4.79 Å². The van der Waals surface area contributed by atoms with Gasteiger partial charge in [0, 0.05) is 21.8 Å². The third-order valence-electron chi connectivity index (χ3n) is 4.74. The number of benzene rings is 1. The number of nitrogens with one attached hydrogen (secondary N) is 1. The lowest BCUT2D eigenvalue weighted by molar-refractivity contribution is -0.113. The summed E-state index contributed by atoms with van der Waals surface area (Å²) in [5, 5.41) is 5.63. The minimum Gasteiger partial charge on any atom is -0.325 e. The van der Waals surface area contributed by atoms with Crippen LogP contribution in [0, 0.1) is 6.92 Å².